The number of ether oxygens (including phenoxy) is 1. The van der Waals surface area contributed by atoms with E-state index in [1.54, 1.807) is 0 Å². The van der Waals surface area contributed by atoms with Gasteiger partial charge in [0.15, 0.2) is 0 Å². The lowest BCUT2D eigenvalue weighted by Crippen LogP contribution is -2.56. The van der Waals surface area contributed by atoms with E-state index >= 15 is 0 Å². The molecule has 0 radical (unpaired) electrons. The number of hydrogen-bond acceptors (Lipinski definition) is 3. The van der Waals surface area contributed by atoms with Crippen LogP contribution < -0.4 is 5.32 Å². The van der Waals surface area contributed by atoms with Crippen LogP contribution in [-0.4, -0.2) is 36.6 Å². The Morgan fingerprint density at radius 2 is 1.63 bits per heavy atom. The lowest BCUT2D eigenvalue weighted by atomic mass is 10.0. The van der Waals surface area contributed by atoms with Crippen LogP contribution in [0.5, 0.6) is 0 Å². The van der Waals surface area contributed by atoms with Gasteiger partial charge in [-0.05, 0) is 12.8 Å². The minimum Gasteiger partial charge on any atom is -0.464 e. The molecule has 4 nitrogen and oxygen atoms in total. The summed E-state index contributed by atoms with van der Waals surface area (Å²) in [7, 11) is 0. The van der Waals surface area contributed by atoms with E-state index in [-0.39, 0.29) is 6.61 Å². The van der Waals surface area contributed by atoms with Crippen molar-refractivity contribution >= 4 is 11.9 Å². The standard InChI is InChI=1S/C10H14F5NO3/c1-4-19-7(17)6(5(2)3)16-8(18)9(11,12)10(13,14)15/h5-6H,4H2,1-3H3,(H,16,18). The van der Waals surface area contributed by atoms with Gasteiger partial charge < -0.3 is 10.1 Å². The third kappa shape index (κ3) is 4.32. The first-order valence-electron chi connectivity index (χ1n) is 5.37. The zero-order valence-corrected chi connectivity index (χ0v) is 10.5. The van der Waals surface area contributed by atoms with Gasteiger partial charge in [0.2, 0.25) is 0 Å². The summed E-state index contributed by atoms with van der Waals surface area (Å²) >= 11 is 0. The van der Waals surface area contributed by atoms with Gasteiger partial charge in [-0.25, -0.2) is 4.79 Å². The second-order valence-corrected chi connectivity index (χ2v) is 4.02. The fraction of sp³-hybridized carbons (Fsp3) is 0.800. The molecular formula is C10H14F5NO3. The molecule has 0 bridgehead atoms. The number of nitrogens with one attached hydrogen (secondary N) is 1. The minimum absolute atomic E-state index is 0.0897. The highest BCUT2D eigenvalue weighted by Crippen LogP contribution is 2.35. The molecule has 0 fully saturated rings. The predicted octanol–water partition coefficient (Wildman–Crippen LogP) is 1.89. The monoisotopic (exact) mass is 291 g/mol. The van der Waals surface area contributed by atoms with Crippen molar-refractivity contribution in [2.24, 2.45) is 5.92 Å². The van der Waals surface area contributed by atoms with Gasteiger partial charge in [-0.3, -0.25) is 4.79 Å². The van der Waals surface area contributed by atoms with Crippen molar-refractivity contribution in [3.05, 3.63) is 0 Å². The largest absolute Gasteiger partial charge is 0.464 e. The summed E-state index contributed by atoms with van der Waals surface area (Å²) in [6.07, 6.45) is -6.02. The van der Waals surface area contributed by atoms with Crippen LogP contribution in [-0.2, 0) is 14.3 Å². The van der Waals surface area contributed by atoms with E-state index in [1.807, 2.05) is 0 Å². The Morgan fingerprint density at radius 3 is 1.95 bits per heavy atom. The van der Waals surface area contributed by atoms with Gasteiger partial charge in [-0.1, -0.05) is 13.8 Å². The molecular weight excluding hydrogens is 277 g/mol. The number of esters is 1. The van der Waals surface area contributed by atoms with E-state index in [2.05, 4.69) is 4.74 Å². The quantitative estimate of drug-likeness (QED) is 0.621. The molecule has 0 aliphatic rings. The van der Waals surface area contributed by atoms with E-state index in [4.69, 9.17) is 0 Å². The van der Waals surface area contributed by atoms with Crippen LogP contribution in [0.1, 0.15) is 20.8 Å². The molecule has 1 N–H and O–H groups in total. The predicted molar refractivity (Wildman–Crippen MR) is 54.4 cm³/mol. The number of hydrogen-bond donors (Lipinski definition) is 1. The third-order valence-corrected chi connectivity index (χ3v) is 2.13. The summed E-state index contributed by atoms with van der Waals surface area (Å²) in [4.78, 5) is 22.3. The van der Waals surface area contributed by atoms with Gasteiger partial charge in [-0.15, -0.1) is 0 Å². The molecule has 0 aliphatic heterocycles. The van der Waals surface area contributed by atoms with Crippen LogP contribution in [0.4, 0.5) is 22.0 Å². The highest BCUT2D eigenvalue weighted by molar-refractivity contribution is 5.89. The van der Waals surface area contributed by atoms with Crippen molar-refractivity contribution < 1.29 is 36.3 Å². The summed E-state index contributed by atoms with van der Waals surface area (Å²) in [6, 6.07) is -1.57. The van der Waals surface area contributed by atoms with Gasteiger partial charge in [0.05, 0.1) is 6.61 Å². The Kier molecular flexibility index (Phi) is 5.70. The molecule has 0 rings (SSSR count). The van der Waals surface area contributed by atoms with Crippen molar-refractivity contribution in [3.63, 3.8) is 0 Å². The average Bonchev–Trinajstić information content (AvgIpc) is 2.23. The van der Waals surface area contributed by atoms with Gasteiger partial charge >= 0.3 is 24.0 Å². The number of rotatable bonds is 5. The van der Waals surface area contributed by atoms with Gasteiger partial charge in [0.25, 0.3) is 0 Å². The fourth-order valence-corrected chi connectivity index (χ4v) is 1.09. The molecule has 0 aromatic heterocycles. The van der Waals surface area contributed by atoms with E-state index in [0.29, 0.717) is 0 Å². The summed E-state index contributed by atoms with van der Waals surface area (Å²) in [5.74, 6) is -9.91. The van der Waals surface area contributed by atoms with Crippen molar-refractivity contribution in [3.8, 4) is 0 Å². The van der Waals surface area contributed by atoms with Crippen LogP contribution in [0, 0.1) is 5.92 Å². The van der Waals surface area contributed by atoms with E-state index in [0.717, 1.165) is 0 Å². The molecule has 0 aliphatic carbocycles. The smallest absolute Gasteiger partial charge is 0.463 e. The number of halogens is 5. The average molecular weight is 291 g/mol. The highest BCUT2D eigenvalue weighted by Gasteiger charge is 2.63. The van der Waals surface area contributed by atoms with Crippen LogP contribution in [0.25, 0.3) is 0 Å². The molecule has 0 aromatic rings. The van der Waals surface area contributed by atoms with E-state index < -0.39 is 35.9 Å². The van der Waals surface area contributed by atoms with Crippen molar-refractivity contribution in [1.29, 1.82) is 0 Å². The highest BCUT2D eigenvalue weighted by atomic mass is 19.4. The maximum atomic E-state index is 12.7. The van der Waals surface area contributed by atoms with Crippen molar-refractivity contribution in [2.45, 2.75) is 38.9 Å². The van der Waals surface area contributed by atoms with Crippen molar-refractivity contribution in [1.82, 2.24) is 5.32 Å². The van der Waals surface area contributed by atoms with Gasteiger partial charge in [-0.2, -0.15) is 22.0 Å². The summed E-state index contributed by atoms with van der Waals surface area (Å²) < 4.78 is 65.8. The van der Waals surface area contributed by atoms with Gasteiger partial charge in [0, 0.05) is 0 Å². The molecule has 0 saturated carbocycles. The Labute approximate surface area is 106 Å². The molecule has 0 aromatic carbocycles. The SMILES string of the molecule is CCOC(=O)C(NC(=O)C(F)(F)C(F)(F)F)C(C)C. The Balaban J connectivity index is 4.98. The molecule has 1 atom stereocenters. The topological polar surface area (TPSA) is 55.4 Å². The molecule has 9 heteroatoms. The normalized spacial score (nSPS) is 14.2. The van der Waals surface area contributed by atoms with Crippen molar-refractivity contribution in [2.75, 3.05) is 6.61 Å². The first kappa shape index (κ1) is 17.6. The number of carbonyl (C=O) groups excluding carboxylic acids is 2. The minimum atomic E-state index is -6.02. The number of alkyl halides is 5. The van der Waals surface area contributed by atoms with Gasteiger partial charge in [0.1, 0.15) is 6.04 Å². The van der Waals surface area contributed by atoms with Crippen LogP contribution in [0.2, 0.25) is 0 Å². The molecule has 0 spiro atoms. The molecule has 19 heavy (non-hydrogen) atoms. The maximum Gasteiger partial charge on any atom is 0.463 e. The Bertz CT molecular complexity index is 341. The molecule has 112 valence electrons. The third-order valence-electron chi connectivity index (χ3n) is 2.13. The summed E-state index contributed by atoms with van der Waals surface area (Å²) in [5.41, 5.74) is 0. The first-order valence-corrected chi connectivity index (χ1v) is 5.37. The molecule has 0 saturated heterocycles. The summed E-state index contributed by atoms with van der Waals surface area (Å²) in [6.45, 7) is 4.08. The second-order valence-electron chi connectivity index (χ2n) is 4.02. The molecule has 0 heterocycles. The number of amides is 1. The van der Waals surface area contributed by atoms with Crippen LogP contribution >= 0.6 is 0 Å². The lowest BCUT2D eigenvalue weighted by molar-refractivity contribution is -0.270. The molecule has 1 unspecified atom stereocenters. The Hall–Kier alpha value is -1.41. The zero-order valence-electron chi connectivity index (χ0n) is 10.5. The molecule has 1 amide bonds. The van der Waals surface area contributed by atoms with Crippen LogP contribution in [0.3, 0.4) is 0 Å². The second kappa shape index (κ2) is 6.16. The van der Waals surface area contributed by atoms with Crippen LogP contribution in [0.15, 0.2) is 0 Å². The zero-order chi connectivity index (χ0) is 15.4. The first-order chi connectivity index (χ1) is 8.45. The van der Waals surface area contributed by atoms with E-state index in [9.17, 15) is 31.5 Å². The summed E-state index contributed by atoms with van der Waals surface area (Å²) in [5, 5.41) is 1.36. The maximum absolute atomic E-state index is 12.7. The van der Waals surface area contributed by atoms with E-state index in [1.165, 1.54) is 26.1 Å². The Morgan fingerprint density at radius 1 is 1.16 bits per heavy atom. The fourth-order valence-electron chi connectivity index (χ4n) is 1.09. The number of carbonyl (C=O) groups is 2. The lowest BCUT2D eigenvalue weighted by Gasteiger charge is -2.24.